The quantitative estimate of drug-likeness (QED) is 0.131. The van der Waals surface area contributed by atoms with E-state index in [0.29, 0.717) is 30.2 Å². The third kappa shape index (κ3) is 8.58. The fourth-order valence-corrected chi connectivity index (χ4v) is 5.36. The molecule has 1 aromatic rings. The van der Waals surface area contributed by atoms with Crippen LogP contribution < -0.4 is 33.2 Å². The van der Waals surface area contributed by atoms with Crippen molar-refractivity contribution >= 4 is 51.8 Å². The van der Waals surface area contributed by atoms with Gasteiger partial charge in [0.25, 0.3) is 0 Å². The molecule has 2 rings (SSSR count). The van der Waals surface area contributed by atoms with E-state index in [1.807, 2.05) is 11.4 Å². The highest BCUT2D eigenvalue weighted by Gasteiger charge is 2.29. The van der Waals surface area contributed by atoms with Gasteiger partial charge < -0.3 is 38.3 Å². The van der Waals surface area contributed by atoms with Crippen LogP contribution in [0, 0.1) is 0 Å². The number of likely N-dealkylation sites (N-methyl/N-ethyl adjacent to an activating group) is 1. The number of carbonyl (C=O) groups is 4. The molecule has 0 spiro atoms. The number of unbranched alkanes of at least 4 members (excludes halogenated alkanes) is 1. The highest BCUT2D eigenvalue weighted by molar-refractivity contribution is 8.15. The van der Waals surface area contributed by atoms with Crippen LogP contribution in [0.2, 0.25) is 0 Å². The molecule has 0 saturated heterocycles. The highest BCUT2D eigenvalue weighted by atomic mass is 32.2. The highest BCUT2D eigenvalue weighted by Crippen LogP contribution is 2.28. The first-order valence-electron chi connectivity index (χ1n) is 11.2. The van der Waals surface area contributed by atoms with Crippen LogP contribution in [0.1, 0.15) is 29.7 Å². The Bertz CT molecular complexity index is 939. The first-order valence-corrected chi connectivity index (χ1v) is 13.0. The molecule has 2 heterocycles. The average molecular weight is 528 g/mol. The molecule has 0 saturated carbocycles. The van der Waals surface area contributed by atoms with Gasteiger partial charge in [0.2, 0.25) is 23.6 Å². The van der Waals surface area contributed by atoms with Crippen molar-refractivity contribution in [3.8, 4) is 0 Å². The van der Waals surface area contributed by atoms with Crippen molar-refractivity contribution in [3.63, 3.8) is 0 Å². The molecule has 0 bridgehead atoms. The van der Waals surface area contributed by atoms with Crippen LogP contribution in [0.4, 0.5) is 0 Å². The molecular weight excluding hydrogens is 494 g/mol. The smallest absolute Gasteiger partial charge is 0.246 e. The van der Waals surface area contributed by atoms with Crippen molar-refractivity contribution in [2.75, 3.05) is 26.0 Å². The Morgan fingerprint density at radius 3 is 2.57 bits per heavy atom. The standard InChI is InChI=1S/C21H33N7O5S2/c1-25-19(32)14(8-29)27-18(31)12(23)6-11-7-16(34-9-11)21-28-15(10-35-21)20(33)26-13(17(24)30)4-2-3-5-22/h7,9,12-15,29H,2-6,8,10,22-23H2,1H3,(H2,24,30)(H,25,32)(H,26,33)(H,27,31)/t12-,13-,14-,15-/m0/s1. The summed E-state index contributed by atoms with van der Waals surface area (Å²) in [5.41, 5.74) is 17.7. The minimum atomic E-state index is -1.07. The van der Waals surface area contributed by atoms with E-state index in [4.69, 9.17) is 17.2 Å². The topological polar surface area (TPSA) is 215 Å². The summed E-state index contributed by atoms with van der Waals surface area (Å²) < 4.78 is 0. The molecule has 4 amide bonds. The van der Waals surface area contributed by atoms with Crippen molar-refractivity contribution in [2.45, 2.75) is 49.9 Å². The first-order chi connectivity index (χ1) is 16.7. The number of carbonyl (C=O) groups excluding carboxylic acids is 4. The molecule has 1 aliphatic rings. The Labute approximate surface area is 211 Å². The van der Waals surface area contributed by atoms with Crippen molar-refractivity contribution in [1.29, 1.82) is 0 Å². The van der Waals surface area contributed by atoms with E-state index in [9.17, 15) is 24.3 Å². The summed E-state index contributed by atoms with van der Waals surface area (Å²) in [6, 6.07) is -1.53. The zero-order chi connectivity index (χ0) is 26.0. The summed E-state index contributed by atoms with van der Waals surface area (Å²) in [5.74, 6) is -1.58. The van der Waals surface area contributed by atoms with Gasteiger partial charge in [0.15, 0.2) is 0 Å². The lowest BCUT2D eigenvalue weighted by atomic mass is 10.1. The molecule has 0 aromatic carbocycles. The monoisotopic (exact) mass is 527 g/mol. The number of aliphatic hydroxyl groups excluding tert-OH is 1. The second kappa shape index (κ2) is 14.1. The molecule has 1 aliphatic heterocycles. The largest absolute Gasteiger partial charge is 0.394 e. The van der Waals surface area contributed by atoms with Crippen LogP contribution in [0.3, 0.4) is 0 Å². The van der Waals surface area contributed by atoms with E-state index in [0.717, 1.165) is 16.9 Å². The normalized spacial score (nSPS) is 17.7. The van der Waals surface area contributed by atoms with Crippen molar-refractivity contribution < 1.29 is 24.3 Å². The van der Waals surface area contributed by atoms with Gasteiger partial charge in [0, 0.05) is 12.8 Å². The number of primary amides is 1. The molecule has 0 unspecified atom stereocenters. The predicted octanol–water partition coefficient (Wildman–Crippen LogP) is -2.20. The van der Waals surface area contributed by atoms with Crippen LogP contribution in [0.15, 0.2) is 16.4 Å². The Hall–Kier alpha value is -2.52. The number of nitrogens with two attached hydrogens (primary N) is 3. The van der Waals surface area contributed by atoms with Gasteiger partial charge in [-0.25, -0.2) is 0 Å². The van der Waals surface area contributed by atoms with E-state index < -0.39 is 48.5 Å². The molecule has 0 fully saturated rings. The van der Waals surface area contributed by atoms with Crippen LogP contribution in [-0.2, 0) is 25.6 Å². The van der Waals surface area contributed by atoms with Crippen molar-refractivity contribution in [3.05, 3.63) is 21.9 Å². The number of thiophene rings is 1. The number of amides is 4. The van der Waals surface area contributed by atoms with E-state index in [-0.39, 0.29) is 12.3 Å². The number of aliphatic imine (C=N–C) groups is 1. The summed E-state index contributed by atoms with van der Waals surface area (Å²) in [6.07, 6.45) is 2.07. The zero-order valence-corrected chi connectivity index (χ0v) is 21.1. The summed E-state index contributed by atoms with van der Waals surface area (Å²) in [7, 11) is 1.40. The molecule has 12 nitrogen and oxygen atoms in total. The number of hydrogen-bond donors (Lipinski definition) is 7. The van der Waals surface area contributed by atoms with Crippen LogP contribution in [0.5, 0.6) is 0 Å². The van der Waals surface area contributed by atoms with Crippen LogP contribution in [0.25, 0.3) is 0 Å². The summed E-state index contributed by atoms with van der Waals surface area (Å²) in [6.45, 7) is -0.0374. The Kier molecular flexibility index (Phi) is 11.6. The number of aliphatic hydroxyl groups is 1. The second-order valence-corrected chi connectivity index (χ2v) is 9.92. The van der Waals surface area contributed by atoms with Gasteiger partial charge in [-0.15, -0.1) is 23.1 Å². The van der Waals surface area contributed by atoms with Gasteiger partial charge in [-0.2, -0.15) is 0 Å². The average Bonchev–Trinajstić information content (AvgIpc) is 3.51. The van der Waals surface area contributed by atoms with Gasteiger partial charge in [-0.3, -0.25) is 24.2 Å². The molecule has 10 N–H and O–H groups in total. The summed E-state index contributed by atoms with van der Waals surface area (Å²) >= 11 is 2.84. The van der Waals surface area contributed by atoms with Gasteiger partial charge in [-0.1, -0.05) is 0 Å². The first kappa shape index (κ1) is 28.7. The number of rotatable bonds is 14. The third-order valence-electron chi connectivity index (χ3n) is 5.28. The maximum Gasteiger partial charge on any atom is 0.246 e. The molecule has 0 radical (unpaired) electrons. The minimum absolute atomic E-state index is 0.221. The summed E-state index contributed by atoms with van der Waals surface area (Å²) in [5, 5.41) is 19.3. The molecular formula is C21H33N7O5S2. The van der Waals surface area contributed by atoms with Crippen molar-refractivity contribution in [2.24, 2.45) is 22.2 Å². The number of hydrogen-bond acceptors (Lipinski definition) is 10. The number of thioether (sulfide) groups is 1. The number of nitrogens with one attached hydrogen (secondary N) is 3. The maximum absolute atomic E-state index is 12.6. The lowest BCUT2D eigenvalue weighted by Gasteiger charge is -2.17. The van der Waals surface area contributed by atoms with Gasteiger partial charge in [0.1, 0.15) is 23.2 Å². The van der Waals surface area contributed by atoms with Gasteiger partial charge in [0.05, 0.1) is 17.5 Å². The third-order valence-corrected chi connectivity index (χ3v) is 7.48. The predicted molar refractivity (Wildman–Crippen MR) is 136 cm³/mol. The SMILES string of the molecule is CNC(=O)[C@H](CO)NC(=O)[C@@H](N)Cc1csc(C2=N[C@H](C(=O)N[C@@H](CCCCN)C(N)=O)CS2)c1. The number of nitrogens with zero attached hydrogens (tertiary/aromatic N) is 1. The van der Waals surface area contributed by atoms with E-state index in [2.05, 4.69) is 20.9 Å². The molecule has 1 aromatic heterocycles. The fraction of sp³-hybridized carbons (Fsp3) is 0.571. The molecule has 14 heteroatoms. The summed E-state index contributed by atoms with van der Waals surface area (Å²) in [4.78, 5) is 53.5. The van der Waals surface area contributed by atoms with E-state index in [1.54, 1.807) is 0 Å². The lowest BCUT2D eigenvalue weighted by molar-refractivity contribution is -0.130. The Balaban J connectivity index is 1.94. The molecule has 194 valence electrons. The maximum atomic E-state index is 12.6. The zero-order valence-electron chi connectivity index (χ0n) is 19.5. The minimum Gasteiger partial charge on any atom is -0.394 e. The van der Waals surface area contributed by atoms with Crippen LogP contribution in [-0.4, -0.2) is 83.9 Å². The fourth-order valence-electron chi connectivity index (χ4n) is 3.28. The molecule has 4 atom stereocenters. The molecule has 35 heavy (non-hydrogen) atoms. The van der Waals surface area contributed by atoms with Crippen molar-refractivity contribution in [1.82, 2.24) is 16.0 Å². The van der Waals surface area contributed by atoms with Gasteiger partial charge in [-0.05, 0) is 49.2 Å². The van der Waals surface area contributed by atoms with E-state index >= 15 is 0 Å². The van der Waals surface area contributed by atoms with Crippen LogP contribution >= 0.6 is 23.1 Å². The van der Waals surface area contributed by atoms with Gasteiger partial charge >= 0.3 is 0 Å². The Morgan fingerprint density at radius 2 is 1.94 bits per heavy atom. The second-order valence-electron chi connectivity index (χ2n) is 8.00. The Morgan fingerprint density at radius 1 is 1.20 bits per heavy atom. The van der Waals surface area contributed by atoms with E-state index in [1.165, 1.54) is 30.1 Å². The lowest BCUT2D eigenvalue weighted by Crippen LogP contribution is -2.53. The molecule has 0 aliphatic carbocycles.